The SMILES string of the molecule is C#C[C@@](O)(CC)CCCC. The lowest BCUT2D eigenvalue weighted by Crippen LogP contribution is -2.24. The summed E-state index contributed by atoms with van der Waals surface area (Å²) in [7, 11) is 0. The minimum absolute atomic E-state index is 0.656. The highest BCUT2D eigenvalue weighted by atomic mass is 16.3. The molecule has 0 aliphatic carbocycles. The van der Waals surface area contributed by atoms with Crippen molar-refractivity contribution in [1.82, 2.24) is 0 Å². The Bertz CT molecular complexity index is 123. The zero-order valence-corrected chi connectivity index (χ0v) is 6.85. The van der Waals surface area contributed by atoms with E-state index in [0.29, 0.717) is 6.42 Å². The van der Waals surface area contributed by atoms with Crippen molar-refractivity contribution in [3.05, 3.63) is 0 Å². The minimum Gasteiger partial charge on any atom is -0.378 e. The first-order chi connectivity index (χ1) is 4.68. The Labute approximate surface area is 63.5 Å². The molecule has 0 aromatic rings. The molecule has 0 rings (SSSR count). The van der Waals surface area contributed by atoms with E-state index >= 15 is 0 Å². The van der Waals surface area contributed by atoms with Crippen LogP contribution in [0.2, 0.25) is 0 Å². The highest BCUT2D eigenvalue weighted by molar-refractivity contribution is 5.06. The predicted molar refractivity (Wildman–Crippen MR) is 43.6 cm³/mol. The summed E-state index contributed by atoms with van der Waals surface area (Å²) in [6, 6.07) is 0. The van der Waals surface area contributed by atoms with Crippen LogP contribution >= 0.6 is 0 Å². The molecule has 0 fully saturated rings. The zero-order valence-electron chi connectivity index (χ0n) is 6.85. The van der Waals surface area contributed by atoms with Crippen molar-refractivity contribution in [2.75, 3.05) is 0 Å². The summed E-state index contributed by atoms with van der Waals surface area (Å²) in [4.78, 5) is 0. The maximum atomic E-state index is 9.52. The highest BCUT2D eigenvalue weighted by Gasteiger charge is 2.19. The number of hydrogen-bond acceptors (Lipinski definition) is 1. The number of unbranched alkanes of at least 4 members (excludes halogenated alkanes) is 1. The van der Waals surface area contributed by atoms with Crippen molar-refractivity contribution in [3.63, 3.8) is 0 Å². The molecule has 1 atom stereocenters. The second-order valence-corrected chi connectivity index (χ2v) is 2.63. The van der Waals surface area contributed by atoms with Gasteiger partial charge in [0.25, 0.3) is 0 Å². The molecule has 1 heteroatoms. The highest BCUT2D eigenvalue weighted by Crippen LogP contribution is 2.16. The van der Waals surface area contributed by atoms with Crippen LogP contribution in [0.3, 0.4) is 0 Å². The summed E-state index contributed by atoms with van der Waals surface area (Å²) in [6.45, 7) is 4.00. The fraction of sp³-hybridized carbons (Fsp3) is 0.778. The van der Waals surface area contributed by atoms with E-state index in [9.17, 15) is 5.11 Å². The first kappa shape index (κ1) is 9.52. The monoisotopic (exact) mass is 140 g/mol. The van der Waals surface area contributed by atoms with Gasteiger partial charge in [-0.25, -0.2) is 0 Å². The number of aliphatic hydroxyl groups is 1. The van der Waals surface area contributed by atoms with Crippen LogP contribution in [0.5, 0.6) is 0 Å². The van der Waals surface area contributed by atoms with Crippen LogP contribution < -0.4 is 0 Å². The van der Waals surface area contributed by atoms with Crippen molar-refractivity contribution in [3.8, 4) is 12.3 Å². The van der Waals surface area contributed by atoms with Gasteiger partial charge in [0.2, 0.25) is 0 Å². The molecular formula is C9H16O. The molecule has 0 aromatic heterocycles. The molecule has 0 heterocycles. The fourth-order valence-corrected chi connectivity index (χ4v) is 0.820. The quantitative estimate of drug-likeness (QED) is 0.592. The Kier molecular flexibility index (Phi) is 4.14. The molecule has 10 heavy (non-hydrogen) atoms. The van der Waals surface area contributed by atoms with Gasteiger partial charge >= 0.3 is 0 Å². The first-order valence-corrected chi connectivity index (χ1v) is 3.88. The van der Waals surface area contributed by atoms with Gasteiger partial charge in [0.05, 0.1) is 0 Å². The Morgan fingerprint density at radius 2 is 2.10 bits per heavy atom. The molecule has 0 aliphatic rings. The van der Waals surface area contributed by atoms with Crippen LogP contribution in [0.25, 0.3) is 0 Å². The molecule has 0 unspecified atom stereocenters. The largest absolute Gasteiger partial charge is 0.378 e. The first-order valence-electron chi connectivity index (χ1n) is 3.88. The number of hydrogen-bond donors (Lipinski definition) is 1. The van der Waals surface area contributed by atoms with Crippen LogP contribution in [-0.2, 0) is 0 Å². The molecule has 0 aliphatic heterocycles. The summed E-state index contributed by atoms with van der Waals surface area (Å²) in [5.74, 6) is 2.42. The molecule has 1 N–H and O–H groups in total. The summed E-state index contributed by atoms with van der Waals surface area (Å²) in [5.41, 5.74) is -0.837. The number of terminal acetylenes is 1. The maximum Gasteiger partial charge on any atom is 0.125 e. The molecular weight excluding hydrogens is 124 g/mol. The summed E-state index contributed by atoms with van der Waals surface area (Å²) >= 11 is 0. The third kappa shape index (κ3) is 2.89. The van der Waals surface area contributed by atoms with Crippen molar-refractivity contribution < 1.29 is 5.11 Å². The molecule has 0 aromatic carbocycles. The minimum atomic E-state index is -0.837. The molecule has 0 saturated carbocycles. The van der Waals surface area contributed by atoms with Crippen molar-refractivity contribution in [2.24, 2.45) is 0 Å². The van der Waals surface area contributed by atoms with Gasteiger partial charge in [-0.1, -0.05) is 26.2 Å². The zero-order chi connectivity index (χ0) is 8.04. The Morgan fingerprint density at radius 3 is 2.40 bits per heavy atom. The van der Waals surface area contributed by atoms with E-state index in [1.54, 1.807) is 0 Å². The average molecular weight is 140 g/mol. The molecule has 1 nitrogen and oxygen atoms in total. The van der Waals surface area contributed by atoms with Gasteiger partial charge in [-0.15, -0.1) is 6.42 Å². The van der Waals surface area contributed by atoms with E-state index in [2.05, 4.69) is 12.8 Å². The molecule has 0 saturated heterocycles. The Morgan fingerprint density at radius 1 is 1.50 bits per heavy atom. The van der Waals surface area contributed by atoms with Gasteiger partial charge in [-0.3, -0.25) is 0 Å². The van der Waals surface area contributed by atoms with Crippen molar-refractivity contribution in [1.29, 1.82) is 0 Å². The summed E-state index contributed by atoms with van der Waals surface area (Å²) in [5, 5.41) is 9.52. The molecule has 0 amide bonds. The van der Waals surface area contributed by atoms with E-state index in [0.717, 1.165) is 19.3 Å². The second-order valence-electron chi connectivity index (χ2n) is 2.63. The summed E-state index contributed by atoms with van der Waals surface area (Å²) in [6.07, 6.45) is 8.64. The lowest BCUT2D eigenvalue weighted by Gasteiger charge is -2.18. The van der Waals surface area contributed by atoms with Gasteiger partial charge in [-0.2, -0.15) is 0 Å². The van der Waals surface area contributed by atoms with E-state index in [-0.39, 0.29) is 0 Å². The molecule has 0 radical (unpaired) electrons. The topological polar surface area (TPSA) is 20.2 Å². The Hall–Kier alpha value is -0.480. The molecule has 0 bridgehead atoms. The molecule has 0 spiro atoms. The van der Waals surface area contributed by atoms with E-state index in [4.69, 9.17) is 6.42 Å². The van der Waals surface area contributed by atoms with Gasteiger partial charge in [0.15, 0.2) is 0 Å². The van der Waals surface area contributed by atoms with Crippen LogP contribution in [0, 0.1) is 12.3 Å². The van der Waals surface area contributed by atoms with Gasteiger partial charge in [0, 0.05) is 0 Å². The van der Waals surface area contributed by atoms with Crippen LogP contribution in [0.1, 0.15) is 39.5 Å². The fourth-order valence-electron chi connectivity index (χ4n) is 0.820. The van der Waals surface area contributed by atoms with Crippen LogP contribution in [0.15, 0.2) is 0 Å². The predicted octanol–water partition coefficient (Wildman–Crippen LogP) is 1.95. The van der Waals surface area contributed by atoms with Gasteiger partial charge in [-0.05, 0) is 19.3 Å². The van der Waals surface area contributed by atoms with Crippen LogP contribution in [0.4, 0.5) is 0 Å². The van der Waals surface area contributed by atoms with Gasteiger partial charge < -0.3 is 5.11 Å². The van der Waals surface area contributed by atoms with Crippen molar-refractivity contribution in [2.45, 2.75) is 45.1 Å². The third-order valence-corrected chi connectivity index (χ3v) is 1.80. The second kappa shape index (κ2) is 4.35. The normalized spacial score (nSPS) is 15.8. The lowest BCUT2D eigenvalue weighted by atomic mass is 9.95. The Balaban J connectivity index is 3.72. The molecule has 58 valence electrons. The van der Waals surface area contributed by atoms with Gasteiger partial charge in [0.1, 0.15) is 5.60 Å². The standard InChI is InChI=1S/C9H16O/c1-4-7-8-9(10,5-2)6-3/h2,10H,4,6-8H2,1,3H3/t9-/m1/s1. The average Bonchev–Trinajstić information content (AvgIpc) is 2.00. The number of rotatable bonds is 4. The smallest absolute Gasteiger partial charge is 0.125 e. The maximum absolute atomic E-state index is 9.52. The third-order valence-electron chi connectivity index (χ3n) is 1.80. The van der Waals surface area contributed by atoms with E-state index < -0.39 is 5.60 Å². The van der Waals surface area contributed by atoms with E-state index in [1.165, 1.54) is 0 Å². The van der Waals surface area contributed by atoms with Crippen LogP contribution in [-0.4, -0.2) is 10.7 Å². The van der Waals surface area contributed by atoms with E-state index in [1.807, 2.05) is 6.92 Å². The lowest BCUT2D eigenvalue weighted by molar-refractivity contribution is 0.0853. The van der Waals surface area contributed by atoms with Crippen molar-refractivity contribution >= 4 is 0 Å². The summed E-state index contributed by atoms with van der Waals surface area (Å²) < 4.78 is 0.